The Balaban J connectivity index is 2.67. The molecule has 0 unspecified atom stereocenters. The minimum absolute atomic E-state index is 0.0960. The van der Waals surface area contributed by atoms with Crippen LogP contribution in [0.15, 0.2) is 24.3 Å². The van der Waals surface area contributed by atoms with Crippen LogP contribution in [0.5, 0.6) is 5.75 Å². The molecule has 0 bridgehead atoms. The summed E-state index contributed by atoms with van der Waals surface area (Å²) in [4.78, 5) is 11.2. The normalized spacial score (nSPS) is 9.57. The molecule has 0 atom stereocenters. The van der Waals surface area contributed by atoms with Crippen LogP contribution in [0.3, 0.4) is 0 Å². The molecule has 14 heavy (non-hydrogen) atoms. The van der Waals surface area contributed by atoms with Gasteiger partial charge >= 0.3 is 5.97 Å². The van der Waals surface area contributed by atoms with Gasteiger partial charge in [-0.15, -0.1) is 0 Å². The van der Waals surface area contributed by atoms with Crippen molar-refractivity contribution in [2.24, 2.45) is 0 Å². The van der Waals surface area contributed by atoms with Gasteiger partial charge in [-0.25, -0.2) is 4.79 Å². The number of carbonyl (C=O) groups is 1. The predicted octanol–water partition coefficient (Wildman–Crippen LogP) is 2.44. The Morgan fingerprint density at radius 3 is 2.50 bits per heavy atom. The lowest BCUT2D eigenvalue weighted by Gasteiger charge is -2.03. The SMILES string of the molecule is CCOC(=O)c1ccc(OCCl)cc1. The molecule has 0 aliphatic carbocycles. The number of esters is 1. The van der Waals surface area contributed by atoms with Gasteiger partial charge in [0, 0.05) is 0 Å². The van der Waals surface area contributed by atoms with Gasteiger partial charge < -0.3 is 9.47 Å². The van der Waals surface area contributed by atoms with Crippen molar-refractivity contribution >= 4 is 17.6 Å². The van der Waals surface area contributed by atoms with Crippen LogP contribution >= 0.6 is 11.6 Å². The van der Waals surface area contributed by atoms with Gasteiger partial charge in [-0.3, -0.25) is 0 Å². The van der Waals surface area contributed by atoms with Crippen LogP contribution in [0.4, 0.5) is 0 Å². The third-order valence-electron chi connectivity index (χ3n) is 1.59. The number of rotatable bonds is 4. The Morgan fingerprint density at radius 2 is 2.00 bits per heavy atom. The molecule has 0 aliphatic heterocycles. The van der Waals surface area contributed by atoms with E-state index < -0.39 is 0 Å². The van der Waals surface area contributed by atoms with Crippen molar-refractivity contribution in [1.82, 2.24) is 0 Å². The number of benzene rings is 1. The minimum Gasteiger partial charge on any atom is -0.478 e. The Bertz CT molecular complexity index is 295. The van der Waals surface area contributed by atoms with Gasteiger partial charge in [0.05, 0.1) is 12.2 Å². The standard InChI is InChI=1S/C10H11ClO3/c1-2-13-10(12)8-3-5-9(6-4-8)14-7-11/h3-6H,2,7H2,1H3. The zero-order valence-electron chi connectivity index (χ0n) is 7.83. The van der Waals surface area contributed by atoms with Gasteiger partial charge in [-0.05, 0) is 31.2 Å². The van der Waals surface area contributed by atoms with Crippen LogP contribution in [0.1, 0.15) is 17.3 Å². The van der Waals surface area contributed by atoms with Crippen LogP contribution in [0.2, 0.25) is 0 Å². The maximum absolute atomic E-state index is 11.2. The third kappa shape index (κ3) is 2.92. The molecule has 4 heteroatoms. The van der Waals surface area contributed by atoms with Crippen molar-refractivity contribution in [1.29, 1.82) is 0 Å². The van der Waals surface area contributed by atoms with E-state index in [-0.39, 0.29) is 12.0 Å². The van der Waals surface area contributed by atoms with Gasteiger partial charge in [0.1, 0.15) is 5.75 Å². The molecule has 0 saturated heterocycles. The Labute approximate surface area is 87.6 Å². The molecule has 0 aromatic heterocycles. The molecule has 1 rings (SSSR count). The first-order valence-electron chi connectivity index (χ1n) is 4.24. The molecule has 0 aliphatic rings. The average Bonchev–Trinajstić information content (AvgIpc) is 2.20. The molecule has 0 spiro atoms. The summed E-state index contributed by atoms with van der Waals surface area (Å²) in [5, 5.41) is 0. The van der Waals surface area contributed by atoms with Gasteiger partial charge in [-0.1, -0.05) is 11.6 Å². The second-order valence-electron chi connectivity index (χ2n) is 2.50. The minimum atomic E-state index is -0.329. The molecule has 0 fully saturated rings. The summed E-state index contributed by atoms with van der Waals surface area (Å²) >= 11 is 5.37. The van der Waals surface area contributed by atoms with Crippen molar-refractivity contribution in [3.8, 4) is 5.75 Å². The number of halogens is 1. The van der Waals surface area contributed by atoms with E-state index in [1.165, 1.54) is 0 Å². The zero-order chi connectivity index (χ0) is 10.4. The molecule has 0 radical (unpaired) electrons. The van der Waals surface area contributed by atoms with Crippen LogP contribution in [-0.2, 0) is 4.74 Å². The summed E-state index contributed by atoms with van der Waals surface area (Å²) in [6, 6.07) is 6.72. The van der Waals surface area contributed by atoms with Gasteiger partial charge in [-0.2, -0.15) is 0 Å². The van der Waals surface area contributed by atoms with Gasteiger partial charge in [0.15, 0.2) is 6.07 Å². The lowest BCUT2D eigenvalue weighted by molar-refractivity contribution is 0.0526. The number of hydrogen-bond acceptors (Lipinski definition) is 3. The molecule has 0 amide bonds. The van der Waals surface area contributed by atoms with Crippen molar-refractivity contribution in [2.75, 3.05) is 12.7 Å². The third-order valence-corrected chi connectivity index (χ3v) is 1.70. The highest BCUT2D eigenvalue weighted by Gasteiger charge is 2.05. The Kier molecular flexibility index (Phi) is 4.26. The lowest BCUT2D eigenvalue weighted by atomic mass is 10.2. The molecule has 76 valence electrons. The second kappa shape index (κ2) is 5.50. The Morgan fingerprint density at radius 1 is 1.36 bits per heavy atom. The first kappa shape index (κ1) is 10.9. The van der Waals surface area contributed by atoms with Crippen LogP contribution in [0, 0.1) is 0 Å². The van der Waals surface area contributed by atoms with E-state index in [1.807, 2.05) is 0 Å². The summed E-state index contributed by atoms with van der Waals surface area (Å²) in [5.74, 6) is 0.304. The highest BCUT2D eigenvalue weighted by Crippen LogP contribution is 2.13. The molecular formula is C10H11ClO3. The van der Waals surface area contributed by atoms with Crippen molar-refractivity contribution in [2.45, 2.75) is 6.92 Å². The maximum Gasteiger partial charge on any atom is 0.338 e. The zero-order valence-corrected chi connectivity index (χ0v) is 8.58. The van der Waals surface area contributed by atoms with Crippen molar-refractivity contribution in [3.63, 3.8) is 0 Å². The molecule has 1 aromatic carbocycles. The first-order chi connectivity index (χ1) is 6.77. The monoisotopic (exact) mass is 214 g/mol. The number of alkyl halides is 1. The second-order valence-corrected chi connectivity index (χ2v) is 2.72. The summed E-state index contributed by atoms with van der Waals surface area (Å²) in [7, 11) is 0. The van der Waals surface area contributed by atoms with E-state index in [1.54, 1.807) is 31.2 Å². The van der Waals surface area contributed by atoms with Crippen molar-refractivity contribution in [3.05, 3.63) is 29.8 Å². The fourth-order valence-corrected chi connectivity index (χ4v) is 1.09. The van der Waals surface area contributed by atoms with E-state index in [4.69, 9.17) is 21.1 Å². The topological polar surface area (TPSA) is 35.5 Å². The van der Waals surface area contributed by atoms with Gasteiger partial charge in [0.2, 0.25) is 0 Å². The quantitative estimate of drug-likeness (QED) is 0.571. The van der Waals surface area contributed by atoms with E-state index in [0.717, 1.165) is 0 Å². The van der Waals surface area contributed by atoms with E-state index in [0.29, 0.717) is 17.9 Å². The molecule has 3 nitrogen and oxygen atoms in total. The maximum atomic E-state index is 11.2. The summed E-state index contributed by atoms with van der Waals surface area (Å²) in [6.07, 6.45) is 0. The molecule has 0 heterocycles. The fraction of sp³-hybridized carbons (Fsp3) is 0.300. The number of carbonyl (C=O) groups excluding carboxylic acids is 1. The summed E-state index contributed by atoms with van der Waals surface area (Å²) < 4.78 is 9.84. The van der Waals surface area contributed by atoms with Crippen LogP contribution < -0.4 is 4.74 Å². The summed E-state index contributed by atoms with van der Waals surface area (Å²) in [6.45, 7) is 2.14. The molecule has 0 saturated carbocycles. The lowest BCUT2D eigenvalue weighted by Crippen LogP contribution is -2.04. The molecule has 0 N–H and O–H groups in total. The highest BCUT2D eigenvalue weighted by molar-refractivity contribution is 6.17. The average molecular weight is 215 g/mol. The number of hydrogen-bond donors (Lipinski definition) is 0. The van der Waals surface area contributed by atoms with E-state index in [2.05, 4.69) is 0 Å². The van der Waals surface area contributed by atoms with Gasteiger partial charge in [0.25, 0.3) is 0 Å². The Hall–Kier alpha value is -1.22. The van der Waals surface area contributed by atoms with Crippen molar-refractivity contribution < 1.29 is 14.3 Å². The molecular weight excluding hydrogens is 204 g/mol. The largest absolute Gasteiger partial charge is 0.478 e. The number of ether oxygens (including phenoxy) is 2. The van der Waals surface area contributed by atoms with E-state index in [9.17, 15) is 4.79 Å². The van der Waals surface area contributed by atoms with E-state index >= 15 is 0 Å². The summed E-state index contributed by atoms with van der Waals surface area (Å²) in [5.41, 5.74) is 0.508. The first-order valence-corrected chi connectivity index (χ1v) is 4.77. The van der Waals surface area contributed by atoms with Crippen LogP contribution in [-0.4, -0.2) is 18.6 Å². The molecule has 1 aromatic rings. The fourth-order valence-electron chi connectivity index (χ4n) is 0.965. The highest BCUT2D eigenvalue weighted by atomic mass is 35.5. The smallest absolute Gasteiger partial charge is 0.338 e. The predicted molar refractivity (Wildman–Crippen MR) is 53.7 cm³/mol. The van der Waals surface area contributed by atoms with Crippen LogP contribution in [0.25, 0.3) is 0 Å².